The zero-order valence-corrected chi connectivity index (χ0v) is 11.4. The Hall–Kier alpha value is -1.91. The van der Waals surface area contributed by atoms with Gasteiger partial charge < -0.3 is 5.11 Å². The van der Waals surface area contributed by atoms with Crippen LogP contribution in [0, 0.1) is 11.3 Å². The van der Waals surface area contributed by atoms with Crippen molar-refractivity contribution in [1.82, 2.24) is 4.31 Å². The van der Waals surface area contributed by atoms with Crippen LogP contribution in [0.25, 0.3) is 0 Å². The Kier molecular flexibility index (Phi) is 4.64. The zero-order chi connectivity index (χ0) is 14.6. The summed E-state index contributed by atoms with van der Waals surface area (Å²) in [5, 5.41) is 16.0. The van der Waals surface area contributed by atoms with E-state index in [4.69, 9.17) is 10.4 Å². The molecule has 0 amide bonds. The number of rotatable bonds is 5. The van der Waals surface area contributed by atoms with Gasteiger partial charge >= 0.3 is 5.97 Å². The van der Waals surface area contributed by atoms with Gasteiger partial charge in [-0.25, -0.2) is 8.42 Å². The maximum Gasteiger partial charge on any atom is 0.323 e. The van der Waals surface area contributed by atoms with Gasteiger partial charge in [-0.3, -0.25) is 4.79 Å². The molecule has 0 bridgehead atoms. The highest BCUT2D eigenvalue weighted by Gasteiger charge is 2.31. The Bertz CT molecular complexity index is 619. The van der Waals surface area contributed by atoms with Crippen molar-refractivity contribution in [1.29, 1.82) is 5.26 Å². The molecular formula is C12H14N2O4S. The number of carbonyl (C=O) groups is 1. The SMILES string of the molecule is CC(C(=O)O)S(=O)(=O)N(C)Cc1cccc(C#N)c1. The lowest BCUT2D eigenvalue weighted by atomic mass is 10.1. The number of nitriles is 1. The number of hydrogen-bond acceptors (Lipinski definition) is 4. The number of carboxylic acids is 1. The Morgan fingerprint density at radius 3 is 2.68 bits per heavy atom. The van der Waals surface area contributed by atoms with Crippen molar-refractivity contribution in [3.8, 4) is 6.07 Å². The molecule has 0 aliphatic rings. The Morgan fingerprint density at radius 1 is 1.53 bits per heavy atom. The van der Waals surface area contributed by atoms with Crippen molar-refractivity contribution in [3.63, 3.8) is 0 Å². The summed E-state index contributed by atoms with van der Waals surface area (Å²) in [7, 11) is -2.59. The summed E-state index contributed by atoms with van der Waals surface area (Å²) < 4.78 is 24.8. The van der Waals surface area contributed by atoms with E-state index in [1.54, 1.807) is 24.3 Å². The first-order valence-corrected chi connectivity index (χ1v) is 6.96. The number of benzene rings is 1. The van der Waals surface area contributed by atoms with Crippen molar-refractivity contribution in [2.75, 3.05) is 7.05 Å². The molecule has 0 aliphatic carbocycles. The van der Waals surface area contributed by atoms with Crippen LogP contribution >= 0.6 is 0 Å². The summed E-state index contributed by atoms with van der Waals surface area (Å²) in [4.78, 5) is 10.8. The van der Waals surface area contributed by atoms with Crippen LogP contribution in [-0.2, 0) is 21.4 Å². The minimum absolute atomic E-state index is 0.0233. The van der Waals surface area contributed by atoms with Crippen molar-refractivity contribution in [2.45, 2.75) is 18.7 Å². The fourth-order valence-electron chi connectivity index (χ4n) is 1.48. The van der Waals surface area contributed by atoms with Crippen LogP contribution in [0.3, 0.4) is 0 Å². The molecule has 102 valence electrons. The van der Waals surface area contributed by atoms with E-state index < -0.39 is 21.2 Å². The molecule has 0 saturated heterocycles. The van der Waals surface area contributed by atoms with Gasteiger partial charge in [0.05, 0.1) is 11.6 Å². The topological polar surface area (TPSA) is 98.5 Å². The molecule has 0 fully saturated rings. The quantitative estimate of drug-likeness (QED) is 0.861. The van der Waals surface area contributed by atoms with Crippen LogP contribution in [0.5, 0.6) is 0 Å². The van der Waals surface area contributed by atoms with Crippen molar-refractivity contribution < 1.29 is 18.3 Å². The molecule has 0 heterocycles. The van der Waals surface area contributed by atoms with Crippen LogP contribution in [0.2, 0.25) is 0 Å². The smallest absolute Gasteiger partial charge is 0.323 e. The molecule has 0 spiro atoms. The number of hydrogen-bond donors (Lipinski definition) is 1. The Morgan fingerprint density at radius 2 is 2.16 bits per heavy atom. The Labute approximate surface area is 111 Å². The lowest BCUT2D eigenvalue weighted by Gasteiger charge is -2.19. The van der Waals surface area contributed by atoms with E-state index in [1.807, 2.05) is 6.07 Å². The van der Waals surface area contributed by atoms with E-state index in [0.717, 1.165) is 11.2 Å². The minimum atomic E-state index is -3.91. The fraction of sp³-hybridized carbons (Fsp3) is 0.333. The first kappa shape index (κ1) is 15.1. The standard InChI is InChI=1S/C12H14N2O4S/c1-9(12(15)16)19(17,18)14(2)8-11-5-3-4-10(6-11)7-13/h3-6,9H,8H2,1-2H3,(H,15,16). The van der Waals surface area contributed by atoms with Gasteiger partial charge in [0.15, 0.2) is 5.25 Å². The summed E-state index contributed by atoms with van der Waals surface area (Å²) in [6.45, 7) is 1.15. The van der Waals surface area contributed by atoms with Crippen LogP contribution < -0.4 is 0 Å². The highest BCUT2D eigenvalue weighted by molar-refractivity contribution is 7.90. The van der Waals surface area contributed by atoms with E-state index in [1.165, 1.54) is 7.05 Å². The number of sulfonamides is 1. The van der Waals surface area contributed by atoms with E-state index in [2.05, 4.69) is 0 Å². The van der Waals surface area contributed by atoms with Crippen LogP contribution in [0.1, 0.15) is 18.1 Å². The second-order valence-electron chi connectivity index (χ2n) is 4.09. The van der Waals surface area contributed by atoms with E-state index >= 15 is 0 Å². The van der Waals surface area contributed by atoms with E-state index in [0.29, 0.717) is 11.1 Å². The normalized spacial score (nSPS) is 12.9. The average Bonchev–Trinajstić information content (AvgIpc) is 2.37. The third kappa shape index (κ3) is 3.53. The molecule has 0 aliphatic heterocycles. The van der Waals surface area contributed by atoms with Gasteiger partial charge in [-0.2, -0.15) is 9.57 Å². The number of aliphatic carboxylic acids is 1. The summed E-state index contributed by atoms with van der Waals surface area (Å²) in [6.07, 6.45) is 0. The molecule has 6 nitrogen and oxygen atoms in total. The first-order chi connectivity index (χ1) is 8.78. The zero-order valence-electron chi connectivity index (χ0n) is 10.6. The highest BCUT2D eigenvalue weighted by Crippen LogP contribution is 2.13. The monoisotopic (exact) mass is 282 g/mol. The molecule has 1 atom stereocenters. The maximum atomic E-state index is 11.9. The van der Waals surface area contributed by atoms with Crippen molar-refractivity contribution >= 4 is 16.0 Å². The molecule has 0 aromatic heterocycles. The molecular weight excluding hydrogens is 268 g/mol. The first-order valence-electron chi connectivity index (χ1n) is 5.46. The highest BCUT2D eigenvalue weighted by atomic mass is 32.2. The molecule has 1 N–H and O–H groups in total. The van der Waals surface area contributed by atoms with Crippen molar-refractivity contribution in [2.24, 2.45) is 0 Å². The molecule has 1 aromatic carbocycles. The number of nitrogens with zero attached hydrogens (tertiary/aromatic N) is 2. The van der Waals surface area contributed by atoms with Crippen LogP contribution in [-0.4, -0.2) is 36.1 Å². The van der Waals surface area contributed by atoms with Crippen molar-refractivity contribution in [3.05, 3.63) is 35.4 Å². The molecule has 1 aromatic rings. The second-order valence-corrected chi connectivity index (χ2v) is 6.45. The second kappa shape index (κ2) is 5.82. The van der Waals surface area contributed by atoms with Gasteiger partial charge in [0, 0.05) is 13.6 Å². The van der Waals surface area contributed by atoms with E-state index in [9.17, 15) is 13.2 Å². The molecule has 1 unspecified atom stereocenters. The minimum Gasteiger partial charge on any atom is -0.480 e. The van der Waals surface area contributed by atoms with Gasteiger partial charge in [-0.1, -0.05) is 12.1 Å². The fourth-order valence-corrected chi connectivity index (χ4v) is 2.61. The summed E-state index contributed by atoms with van der Waals surface area (Å²) in [5.41, 5.74) is 1.05. The van der Waals surface area contributed by atoms with Crippen LogP contribution in [0.15, 0.2) is 24.3 Å². The van der Waals surface area contributed by atoms with Gasteiger partial charge in [-0.15, -0.1) is 0 Å². The molecule has 19 heavy (non-hydrogen) atoms. The van der Waals surface area contributed by atoms with Gasteiger partial charge in [0.25, 0.3) is 0 Å². The summed E-state index contributed by atoms with van der Waals surface area (Å²) in [6, 6.07) is 8.46. The summed E-state index contributed by atoms with van der Waals surface area (Å²) in [5.74, 6) is -1.39. The molecule has 0 radical (unpaired) electrons. The molecule has 7 heteroatoms. The third-order valence-electron chi connectivity index (χ3n) is 2.69. The predicted octanol–water partition coefficient (Wildman–Crippen LogP) is 0.793. The third-order valence-corrected chi connectivity index (χ3v) is 4.78. The van der Waals surface area contributed by atoms with Crippen LogP contribution in [0.4, 0.5) is 0 Å². The molecule has 1 rings (SSSR count). The predicted molar refractivity (Wildman–Crippen MR) is 68.6 cm³/mol. The largest absolute Gasteiger partial charge is 0.480 e. The van der Waals surface area contributed by atoms with Gasteiger partial charge in [0.2, 0.25) is 10.0 Å². The lowest BCUT2D eigenvalue weighted by Crippen LogP contribution is -2.38. The average molecular weight is 282 g/mol. The Balaban J connectivity index is 2.93. The number of carboxylic acid groups (broad SMARTS) is 1. The van der Waals surface area contributed by atoms with Gasteiger partial charge in [-0.05, 0) is 24.6 Å². The van der Waals surface area contributed by atoms with E-state index in [-0.39, 0.29) is 6.54 Å². The lowest BCUT2D eigenvalue weighted by molar-refractivity contribution is -0.136. The maximum absolute atomic E-state index is 11.9. The van der Waals surface area contributed by atoms with Gasteiger partial charge in [0.1, 0.15) is 0 Å². The molecule has 0 saturated carbocycles. The summed E-state index contributed by atoms with van der Waals surface area (Å²) >= 11 is 0.